The van der Waals surface area contributed by atoms with Crippen LogP contribution in [0.15, 0.2) is 24.5 Å². The van der Waals surface area contributed by atoms with Gasteiger partial charge in [-0.25, -0.2) is 0 Å². The van der Waals surface area contributed by atoms with E-state index >= 15 is 0 Å². The number of likely N-dealkylation sites (N-methyl/N-ethyl adjacent to an activating group) is 1. The van der Waals surface area contributed by atoms with Gasteiger partial charge in [0.2, 0.25) is 0 Å². The molecule has 0 aliphatic carbocycles. The highest BCUT2D eigenvalue weighted by molar-refractivity contribution is 5.09. The van der Waals surface area contributed by atoms with Crippen LogP contribution in [0.1, 0.15) is 18.4 Å². The third-order valence-corrected chi connectivity index (χ3v) is 3.19. The Kier molecular flexibility index (Phi) is 4.10. The molecule has 2 heterocycles. The highest BCUT2D eigenvalue weighted by atomic mass is 16.5. The van der Waals surface area contributed by atoms with Gasteiger partial charge in [-0.3, -0.25) is 9.88 Å². The van der Waals surface area contributed by atoms with Crippen molar-refractivity contribution in [2.75, 3.05) is 26.8 Å². The average Bonchev–Trinajstić information content (AvgIpc) is 2.30. The number of aromatic nitrogens is 1. The fourth-order valence-corrected chi connectivity index (χ4v) is 2.27. The Morgan fingerprint density at radius 1 is 1.35 bits per heavy atom. The molecule has 1 N–H and O–H groups in total. The molecule has 1 aromatic rings. The van der Waals surface area contributed by atoms with Crippen molar-refractivity contribution in [2.24, 2.45) is 0 Å². The first-order valence-corrected chi connectivity index (χ1v) is 6.06. The van der Waals surface area contributed by atoms with Gasteiger partial charge in [-0.05, 0) is 24.7 Å². The molecule has 1 fully saturated rings. The molecule has 0 saturated carbocycles. The predicted octanol–water partition coefficient (Wildman–Crippen LogP) is 1.05. The molecule has 0 atom stereocenters. The summed E-state index contributed by atoms with van der Waals surface area (Å²) in [6.07, 6.45) is 5.06. The number of hydrogen-bond donors (Lipinski definition) is 1. The molecule has 0 unspecified atom stereocenters. The first-order chi connectivity index (χ1) is 8.18. The van der Waals surface area contributed by atoms with Crippen molar-refractivity contribution in [3.8, 4) is 0 Å². The van der Waals surface area contributed by atoms with Gasteiger partial charge in [0, 0.05) is 51.5 Å². The fraction of sp³-hybridized carbons (Fsp3) is 0.615. The molecule has 17 heavy (non-hydrogen) atoms. The quantitative estimate of drug-likeness (QED) is 0.849. The maximum Gasteiger partial charge on any atom is 0.0817 e. The molecule has 0 amide bonds. The largest absolute Gasteiger partial charge is 0.388 e. The zero-order valence-corrected chi connectivity index (χ0v) is 10.3. The van der Waals surface area contributed by atoms with E-state index in [0.29, 0.717) is 19.8 Å². The Hall–Kier alpha value is -0.970. The summed E-state index contributed by atoms with van der Waals surface area (Å²) < 4.78 is 5.28. The Morgan fingerprint density at radius 3 is 2.65 bits per heavy atom. The summed E-state index contributed by atoms with van der Waals surface area (Å²) >= 11 is 0. The lowest BCUT2D eigenvalue weighted by Crippen LogP contribution is -2.45. The zero-order valence-electron chi connectivity index (χ0n) is 10.3. The first kappa shape index (κ1) is 12.5. The maximum absolute atomic E-state index is 10.4. The second kappa shape index (κ2) is 5.58. The molecule has 4 heteroatoms. The first-order valence-electron chi connectivity index (χ1n) is 6.06. The molecule has 1 aliphatic heterocycles. The highest BCUT2D eigenvalue weighted by Gasteiger charge is 2.30. The van der Waals surface area contributed by atoms with E-state index in [1.54, 1.807) is 12.4 Å². The van der Waals surface area contributed by atoms with E-state index in [0.717, 1.165) is 19.4 Å². The van der Waals surface area contributed by atoms with Gasteiger partial charge >= 0.3 is 0 Å². The number of ether oxygens (including phenoxy) is 1. The molecule has 2 rings (SSSR count). The van der Waals surface area contributed by atoms with Crippen molar-refractivity contribution in [3.63, 3.8) is 0 Å². The molecular formula is C13H20N2O2. The van der Waals surface area contributed by atoms with Crippen molar-refractivity contribution in [2.45, 2.75) is 25.0 Å². The van der Waals surface area contributed by atoms with Crippen LogP contribution in [-0.4, -0.2) is 47.4 Å². The van der Waals surface area contributed by atoms with E-state index in [9.17, 15) is 5.11 Å². The average molecular weight is 236 g/mol. The number of hydrogen-bond acceptors (Lipinski definition) is 4. The summed E-state index contributed by atoms with van der Waals surface area (Å²) in [7, 11) is 2.04. The third kappa shape index (κ3) is 3.77. The monoisotopic (exact) mass is 236 g/mol. The second-order valence-electron chi connectivity index (χ2n) is 4.86. The van der Waals surface area contributed by atoms with Gasteiger partial charge in [0.1, 0.15) is 0 Å². The van der Waals surface area contributed by atoms with Gasteiger partial charge in [-0.2, -0.15) is 0 Å². The van der Waals surface area contributed by atoms with Crippen molar-refractivity contribution in [3.05, 3.63) is 30.1 Å². The number of rotatable bonds is 4. The molecule has 4 nitrogen and oxygen atoms in total. The van der Waals surface area contributed by atoms with E-state index in [1.807, 2.05) is 19.2 Å². The highest BCUT2D eigenvalue weighted by Crippen LogP contribution is 2.21. The number of aliphatic hydroxyl groups is 1. The Morgan fingerprint density at radius 2 is 2.00 bits per heavy atom. The summed E-state index contributed by atoms with van der Waals surface area (Å²) in [6.45, 7) is 2.86. The third-order valence-electron chi connectivity index (χ3n) is 3.19. The van der Waals surface area contributed by atoms with Crippen molar-refractivity contribution < 1.29 is 9.84 Å². The molecule has 1 aromatic heterocycles. The van der Waals surface area contributed by atoms with Crippen LogP contribution in [0.3, 0.4) is 0 Å². The Balaban J connectivity index is 1.86. The molecule has 94 valence electrons. The van der Waals surface area contributed by atoms with Crippen LogP contribution >= 0.6 is 0 Å². The minimum atomic E-state index is -0.583. The van der Waals surface area contributed by atoms with Crippen molar-refractivity contribution in [1.29, 1.82) is 0 Å². The SMILES string of the molecule is CN(Cc1ccncc1)CC1(O)CCOCC1. The van der Waals surface area contributed by atoms with Gasteiger partial charge in [-0.15, -0.1) is 0 Å². The summed E-state index contributed by atoms with van der Waals surface area (Å²) in [6, 6.07) is 4.01. The van der Waals surface area contributed by atoms with Gasteiger partial charge in [0.25, 0.3) is 0 Å². The van der Waals surface area contributed by atoms with Gasteiger partial charge in [0.05, 0.1) is 5.60 Å². The number of pyridine rings is 1. The number of nitrogens with zero attached hydrogens (tertiary/aromatic N) is 2. The van der Waals surface area contributed by atoms with Crippen LogP contribution in [0, 0.1) is 0 Å². The fourth-order valence-electron chi connectivity index (χ4n) is 2.27. The van der Waals surface area contributed by atoms with Crippen LogP contribution < -0.4 is 0 Å². The molecule has 0 aromatic carbocycles. The van der Waals surface area contributed by atoms with Crippen LogP contribution in [-0.2, 0) is 11.3 Å². The van der Waals surface area contributed by atoms with Crippen molar-refractivity contribution in [1.82, 2.24) is 9.88 Å². The summed E-state index contributed by atoms with van der Waals surface area (Å²) in [5, 5.41) is 10.4. The molecular weight excluding hydrogens is 216 g/mol. The van der Waals surface area contributed by atoms with E-state index in [4.69, 9.17) is 4.74 Å². The molecule has 0 bridgehead atoms. The lowest BCUT2D eigenvalue weighted by atomic mass is 9.94. The topological polar surface area (TPSA) is 45.6 Å². The predicted molar refractivity (Wildman–Crippen MR) is 65.6 cm³/mol. The standard InChI is InChI=1S/C13H20N2O2/c1-15(10-12-2-6-14-7-3-12)11-13(16)4-8-17-9-5-13/h2-3,6-7,16H,4-5,8-11H2,1H3. The van der Waals surface area contributed by atoms with Crippen LogP contribution in [0.2, 0.25) is 0 Å². The van der Waals surface area contributed by atoms with E-state index < -0.39 is 5.60 Å². The van der Waals surface area contributed by atoms with Gasteiger partial charge in [0.15, 0.2) is 0 Å². The Labute approximate surface area is 102 Å². The summed E-state index contributed by atoms with van der Waals surface area (Å²) in [4.78, 5) is 6.15. The minimum absolute atomic E-state index is 0.583. The lowest BCUT2D eigenvalue weighted by molar-refractivity contribution is -0.0777. The maximum atomic E-state index is 10.4. The molecule has 1 saturated heterocycles. The normalized spacial score (nSPS) is 19.5. The van der Waals surface area contributed by atoms with Crippen molar-refractivity contribution >= 4 is 0 Å². The van der Waals surface area contributed by atoms with Gasteiger partial charge in [-0.1, -0.05) is 0 Å². The second-order valence-corrected chi connectivity index (χ2v) is 4.86. The Bertz CT molecular complexity index is 337. The van der Waals surface area contributed by atoms with Crippen LogP contribution in [0.4, 0.5) is 0 Å². The van der Waals surface area contributed by atoms with E-state index in [1.165, 1.54) is 5.56 Å². The summed E-state index contributed by atoms with van der Waals surface area (Å²) in [5.74, 6) is 0. The van der Waals surface area contributed by atoms with E-state index in [-0.39, 0.29) is 0 Å². The smallest absolute Gasteiger partial charge is 0.0817 e. The van der Waals surface area contributed by atoms with Gasteiger partial charge < -0.3 is 9.84 Å². The molecule has 0 radical (unpaired) electrons. The van der Waals surface area contributed by atoms with E-state index in [2.05, 4.69) is 9.88 Å². The van der Waals surface area contributed by atoms with Crippen LogP contribution in [0.5, 0.6) is 0 Å². The molecule has 1 aliphatic rings. The summed E-state index contributed by atoms with van der Waals surface area (Å²) in [5.41, 5.74) is 0.637. The zero-order chi connectivity index (χ0) is 12.1. The molecule has 0 spiro atoms. The van der Waals surface area contributed by atoms with Crippen LogP contribution in [0.25, 0.3) is 0 Å². The lowest BCUT2D eigenvalue weighted by Gasteiger charge is -2.35. The minimum Gasteiger partial charge on any atom is -0.388 e.